The SMILES string of the molecule is CCCCCCCCCN(C)CCC(=O)Nc1cccc(Cc2cccc(NC(=O)CCN(C)CCCCCCCCC)c2)c1. The third-order valence-electron chi connectivity index (χ3n) is 8.56. The molecule has 2 aromatic carbocycles. The van der Waals surface area contributed by atoms with Gasteiger partial charge >= 0.3 is 0 Å². The van der Waals surface area contributed by atoms with Crippen molar-refractivity contribution in [2.24, 2.45) is 0 Å². The highest BCUT2D eigenvalue weighted by Crippen LogP contribution is 2.18. The molecule has 0 heterocycles. The van der Waals surface area contributed by atoms with E-state index in [2.05, 4.69) is 60.5 Å². The van der Waals surface area contributed by atoms with E-state index in [1.54, 1.807) is 0 Å². The average molecular weight is 621 g/mol. The summed E-state index contributed by atoms with van der Waals surface area (Å²) in [6, 6.07) is 16.1. The van der Waals surface area contributed by atoms with Gasteiger partial charge in [-0.2, -0.15) is 0 Å². The summed E-state index contributed by atoms with van der Waals surface area (Å²) in [6.45, 7) is 8.15. The Hall–Kier alpha value is -2.70. The van der Waals surface area contributed by atoms with Crippen molar-refractivity contribution < 1.29 is 9.59 Å². The van der Waals surface area contributed by atoms with E-state index in [4.69, 9.17) is 0 Å². The first-order valence-corrected chi connectivity index (χ1v) is 18.0. The fourth-order valence-electron chi connectivity index (χ4n) is 5.69. The Balaban J connectivity index is 1.68. The summed E-state index contributed by atoms with van der Waals surface area (Å²) in [5.41, 5.74) is 3.91. The monoisotopic (exact) mass is 621 g/mol. The molecule has 0 radical (unpaired) electrons. The summed E-state index contributed by atoms with van der Waals surface area (Å²) in [5, 5.41) is 6.16. The molecule has 6 nitrogen and oxygen atoms in total. The fourth-order valence-corrected chi connectivity index (χ4v) is 5.69. The maximum absolute atomic E-state index is 12.6. The molecule has 0 aliphatic carbocycles. The molecule has 2 aromatic rings. The first kappa shape index (κ1) is 38.5. The number of anilines is 2. The highest BCUT2D eigenvalue weighted by molar-refractivity contribution is 5.91. The van der Waals surface area contributed by atoms with Crippen molar-refractivity contribution in [1.82, 2.24) is 9.80 Å². The van der Waals surface area contributed by atoms with Gasteiger partial charge in [-0.3, -0.25) is 9.59 Å². The summed E-state index contributed by atoms with van der Waals surface area (Å²) in [6.07, 6.45) is 20.0. The Kier molecular flexibility index (Phi) is 21.0. The number of hydrogen-bond donors (Lipinski definition) is 2. The topological polar surface area (TPSA) is 64.7 Å². The number of benzene rings is 2. The summed E-state index contributed by atoms with van der Waals surface area (Å²) < 4.78 is 0. The van der Waals surface area contributed by atoms with E-state index < -0.39 is 0 Å². The molecule has 0 unspecified atom stereocenters. The van der Waals surface area contributed by atoms with Crippen molar-refractivity contribution >= 4 is 23.2 Å². The minimum atomic E-state index is 0.0522. The second-order valence-electron chi connectivity index (χ2n) is 13.0. The molecule has 0 fully saturated rings. The van der Waals surface area contributed by atoms with Gasteiger partial charge in [0.1, 0.15) is 0 Å². The molecule has 2 amide bonds. The lowest BCUT2D eigenvalue weighted by molar-refractivity contribution is -0.117. The molecule has 2 rings (SSSR count). The third-order valence-corrected chi connectivity index (χ3v) is 8.56. The zero-order valence-electron chi connectivity index (χ0n) is 29.2. The smallest absolute Gasteiger partial charge is 0.225 e. The standard InChI is InChI=1S/C39H64N4O2/c1-5-7-9-11-13-15-17-27-42(3)29-25-38(44)40-36-23-19-21-34(32-36)31-35-22-20-24-37(33-35)41-39(45)26-30-43(4)28-18-16-14-12-10-8-6-2/h19-24,32-33H,5-18,25-31H2,1-4H3,(H,40,44)(H,41,45). The van der Waals surface area contributed by atoms with Crippen LogP contribution in [0.5, 0.6) is 0 Å². The van der Waals surface area contributed by atoms with Gasteiger partial charge in [0.15, 0.2) is 0 Å². The number of rotatable bonds is 26. The minimum Gasteiger partial charge on any atom is -0.326 e. The molecule has 252 valence electrons. The molecule has 0 bridgehead atoms. The molecule has 0 saturated carbocycles. The Labute approximate surface area is 275 Å². The average Bonchev–Trinajstić information content (AvgIpc) is 3.02. The first-order chi connectivity index (χ1) is 21.9. The number of unbranched alkanes of at least 4 members (excludes halogenated alkanes) is 12. The molecule has 0 atom stereocenters. The zero-order chi connectivity index (χ0) is 32.5. The van der Waals surface area contributed by atoms with Crippen LogP contribution in [0.15, 0.2) is 48.5 Å². The van der Waals surface area contributed by atoms with Gasteiger partial charge in [0.2, 0.25) is 11.8 Å². The maximum Gasteiger partial charge on any atom is 0.225 e. The maximum atomic E-state index is 12.6. The van der Waals surface area contributed by atoms with Crippen LogP contribution in [-0.4, -0.2) is 61.9 Å². The second kappa shape index (κ2) is 24.5. The van der Waals surface area contributed by atoms with Crippen LogP contribution < -0.4 is 10.6 Å². The van der Waals surface area contributed by atoms with Crippen LogP contribution in [0.4, 0.5) is 11.4 Å². The molecule has 45 heavy (non-hydrogen) atoms. The van der Waals surface area contributed by atoms with Crippen LogP contribution >= 0.6 is 0 Å². The van der Waals surface area contributed by atoms with Crippen molar-refractivity contribution in [2.75, 3.05) is 50.9 Å². The van der Waals surface area contributed by atoms with Gasteiger partial charge in [-0.15, -0.1) is 0 Å². The van der Waals surface area contributed by atoms with Gasteiger partial charge in [-0.25, -0.2) is 0 Å². The molecule has 0 aliphatic rings. The fraction of sp³-hybridized carbons (Fsp3) is 0.641. The Bertz CT molecular complexity index is 989. The van der Waals surface area contributed by atoms with Crippen molar-refractivity contribution in [3.8, 4) is 0 Å². The number of carbonyl (C=O) groups excluding carboxylic acids is 2. The van der Waals surface area contributed by atoms with Crippen LogP contribution in [0, 0.1) is 0 Å². The van der Waals surface area contributed by atoms with Gasteiger partial charge in [-0.05, 0) is 81.8 Å². The Morgan fingerprint density at radius 1 is 0.533 bits per heavy atom. The molecule has 0 aromatic heterocycles. The zero-order valence-corrected chi connectivity index (χ0v) is 29.2. The van der Waals surface area contributed by atoms with Gasteiger partial charge in [0.25, 0.3) is 0 Å². The largest absolute Gasteiger partial charge is 0.326 e. The number of hydrogen-bond acceptors (Lipinski definition) is 4. The lowest BCUT2D eigenvalue weighted by atomic mass is 10.0. The molecule has 0 saturated heterocycles. The number of carbonyl (C=O) groups is 2. The minimum absolute atomic E-state index is 0.0522. The van der Waals surface area contributed by atoms with Crippen molar-refractivity contribution in [1.29, 1.82) is 0 Å². The normalized spacial score (nSPS) is 11.3. The Morgan fingerprint density at radius 2 is 0.911 bits per heavy atom. The molecule has 2 N–H and O–H groups in total. The summed E-state index contributed by atoms with van der Waals surface area (Å²) in [7, 11) is 4.22. The lowest BCUT2D eigenvalue weighted by Gasteiger charge is -2.16. The van der Waals surface area contributed by atoms with Crippen LogP contribution in [0.3, 0.4) is 0 Å². The number of nitrogens with zero attached hydrogens (tertiary/aromatic N) is 2. The van der Waals surface area contributed by atoms with E-state index in [0.717, 1.165) is 55.1 Å². The third kappa shape index (κ3) is 19.4. The second-order valence-corrected chi connectivity index (χ2v) is 13.0. The van der Waals surface area contributed by atoms with Crippen LogP contribution in [0.25, 0.3) is 0 Å². The Morgan fingerprint density at radius 3 is 1.31 bits per heavy atom. The van der Waals surface area contributed by atoms with Crippen LogP contribution in [0.1, 0.15) is 128 Å². The molecular formula is C39H64N4O2. The van der Waals surface area contributed by atoms with Crippen molar-refractivity contribution in [2.45, 2.75) is 123 Å². The highest BCUT2D eigenvalue weighted by Gasteiger charge is 2.09. The molecule has 0 spiro atoms. The van der Waals surface area contributed by atoms with E-state index in [1.807, 2.05) is 36.4 Å². The quantitative estimate of drug-likeness (QED) is 0.103. The van der Waals surface area contributed by atoms with E-state index in [-0.39, 0.29) is 11.8 Å². The van der Waals surface area contributed by atoms with Gasteiger partial charge in [0.05, 0.1) is 0 Å². The predicted octanol–water partition coefficient (Wildman–Crippen LogP) is 9.30. The predicted molar refractivity (Wildman–Crippen MR) is 193 cm³/mol. The molecule has 6 heteroatoms. The summed E-state index contributed by atoms with van der Waals surface area (Å²) >= 11 is 0. The van der Waals surface area contributed by atoms with E-state index in [0.29, 0.717) is 12.8 Å². The van der Waals surface area contributed by atoms with E-state index >= 15 is 0 Å². The molecule has 0 aliphatic heterocycles. The summed E-state index contributed by atoms with van der Waals surface area (Å²) in [5.74, 6) is 0.104. The van der Waals surface area contributed by atoms with Gasteiger partial charge < -0.3 is 20.4 Å². The highest BCUT2D eigenvalue weighted by atomic mass is 16.2. The van der Waals surface area contributed by atoms with Crippen LogP contribution in [0.2, 0.25) is 0 Å². The first-order valence-electron chi connectivity index (χ1n) is 18.0. The van der Waals surface area contributed by atoms with Gasteiger partial charge in [-0.1, -0.05) is 115 Å². The number of nitrogens with one attached hydrogen (secondary N) is 2. The van der Waals surface area contributed by atoms with Crippen molar-refractivity contribution in [3.63, 3.8) is 0 Å². The van der Waals surface area contributed by atoms with Gasteiger partial charge in [0, 0.05) is 37.3 Å². The van der Waals surface area contributed by atoms with Crippen molar-refractivity contribution in [3.05, 3.63) is 59.7 Å². The summed E-state index contributed by atoms with van der Waals surface area (Å²) in [4.78, 5) is 29.8. The molecular weight excluding hydrogens is 556 g/mol. The van der Waals surface area contributed by atoms with E-state index in [9.17, 15) is 9.59 Å². The lowest BCUT2D eigenvalue weighted by Crippen LogP contribution is -2.25. The van der Waals surface area contributed by atoms with Crippen LogP contribution in [-0.2, 0) is 16.0 Å². The van der Waals surface area contributed by atoms with E-state index in [1.165, 1.54) is 89.9 Å². The number of amides is 2.